The van der Waals surface area contributed by atoms with Crippen molar-refractivity contribution in [3.8, 4) is 11.8 Å². The third kappa shape index (κ3) is 6.62. The number of aliphatic hydroxyl groups excluding tert-OH is 1. The number of thioether (sulfide) groups is 1. The maximum absolute atomic E-state index is 13.7. The SMILES string of the molecule is CS(=O)(=O)CCSCc1ccc(C#CCO)cc1F. The number of halogens is 1. The van der Waals surface area contributed by atoms with Crippen molar-refractivity contribution in [2.75, 3.05) is 24.4 Å². The van der Waals surface area contributed by atoms with Crippen LogP contribution in [-0.4, -0.2) is 37.9 Å². The van der Waals surface area contributed by atoms with E-state index in [1.807, 2.05) is 0 Å². The van der Waals surface area contributed by atoms with Gasteiger partial charge in [-0.2, -0.15) is 11.8 Å². The number of aliphatic hydroxyl groups is 1. The molecule has 19 heavy (non-hydrogen) atoms. The maximum atomic E-state index is 13.7. The lowest BCUT2D eigenvalue weighted by Crippen LogP contribution is -2.05. The molecule has 0 fully saturated rings. The molecule has 0 heterocycles. The molecule has 3 nitrogen and oxygen atoms in total. The first-order valence-corrected chi connectivity index (χ1v) is 8.77. The second-order valence-corrected chi connectivity index (χ2v) is 7.31. The smallest absolute Gasteiger partial charge is 0.148 e. The van der Waals surface area contributed by atoms with E-state index in [0.29, 0.717) is 22.6 Å². The number of sulfone groups is 1. The van der Waals surface area contributed by atoms with Crippen molar-refractivity contribution in [3.05, 3.63) is 35.1 Å². The molecule has 0 aromatic heterocycles. The molecular weight excluding hydrogens is 287 g/mol. The first-order valence-electron chi connectivity index (χ1n) is 5.56. The van der Waals surface area contributed by atoms with E-state index in [0.717, 1.165) is 0 Å². The summed E-state index contributed by atoms with van der Waals surface area (Å²) in [4.78, 5) is 0. The van der Waals surface area contributed by atoms with Gasteiger partial charge < -0.3 is 5.11 Å². The molecule has 1 rings (SSSR count). The Kier molecular flexibility index (Phi) is 6.35. The van der Waals surface area contributed by atoms with Gasteiger partial charge in [-0.1, -0.05) is 17.9 Å². The van der Waals surface area contributed by atoms with Crippen LogP contribution in [0.15, 0.2) is 18.2 Å². The predicted molar refractivity (Wildman–Crippen MR) is 76.2 cm³/mol. The monoisotopic (exact) mass is 302 g/mol. The Balaban J connectivity index is 2.56. The minimum Gasteiger partial charge on any atom is -0.384 e. The lowest BCUT2D eigenvalue weighted by atomic mass is 10.1. The standard InChI is InChI=1S/C13H15FO3S2/c1-19(16,17)8-7-18-10-12-5-4-11(3-2-6-15)9-13(12)14/h4-5,9,15H,6-8,10H2,1H3. The zero-order valence-corrected chi connectivity index (χ0v) is 12.2. The van der Waals surface area contributed by atoms with Crippen molar-refractivity contribution in [3.63, 3.8) is 0 Å². The third-order valence-corrected chi connectivity index (χ3v) is 4.43. The molecule has 6 heteroatoms. The van der Waals surface area contributed by atoms with Gasteiger partial charge in [0.25, 0.3) is 0 Å². The molecule has 0 spiro atoms. The summed E-state index contributed by atoms with van der Waals surface area (Å²) in [6.45, 7) is -0.259. The molecule has 0 aliphatic heterocycles. The Labute approximate surface area is 117 Å². The van der Waals surface area contributed by atoms with Crippen LogP contribution in [0.25, 0.3) is 0 Å². The molecule has 0 amide bonds. The molecule has 0 saturated carbocycles. The molecule has 0 atom stereocenters. The van der Waals surface area contributed by atoms with Crippen LogP contribution >= 0.6 is 11.8 Å². The fourth-order valence-corrected chi connectivity index (χ4v) is 3.56. The van der Waals surface area contributed by atoms with E-state index in [1.54, 1.807) is 12.1 Å². The van der Waals surface area contributed by atoms with Crippen molar-refractivity contribution < 1.29 is 17.9 Å². The molecular formula is C13H15FO3S2. The van der Waals surface area contributed by atoms with E-state index in [-0.39, 0.29) is 18.2 Å². The normalized spacial score (nSPS) is 10.9. The van der Waals surface area contributed by atoms with Crippen LogP contribution in [0.5, 0.6) is 0 Å². The van der Waals surface area contributed by atoms with Crippen molar-refractivity contribution in [2.24, 2.45) is 0 Å². The van der Waals surface area contributed by atoms with E-state index < -0.39 is 9.84 Å². The highest BCUT2D eigenvalue weighted by molar-refractivity contribution is 7.99. The average molecular weight is 302 g/mol. The van der Waals surface area contributed by atoms with Gasteiger partial charge in [0, 0.05) is 23.3 Å². The van der Waals surface area contributed by atoms with Crippen LogP contribution in [0, 0.1) is 17.7 Å². The van der Waals surface area contributed by atoms with Crippen molar-refractivity contribution in [1.82, 2.24) is 0 Å². The van der Waals surface area contributed by atoms with Gasteiger partial charge in [0.15, 0.2) is 0 Å². The third-order valence-electron chi connectivity index (χ3n) is 2.22. The fraction of sp³-hybridized carbons (Fsp3) is 0.385. The Hall–Kier alpha value is -1.03. The highest BCUT2D eigenvalue weighted by Crippen LogP contribution is 2.17. The van der Waals surface area contributed by atoms with Crippen LogP contribution in [0.4, 0.5) is 4.39 Å². The average Bonchev–Trinajstić information content (AvgIpc) is 2.32. The summed E-state index contributed by atoms with van der Waals surface area (Å²) in [6.07, 6.45) is 1.18. The van der Waals surface area contributed by atoms with Gasteiger partial charge in [-0.3, -0.25) is 0 Å². The van der Waals surface area contributed by atoms with Gasteiger partial charge in [-0.25, -0.2) is 12.8 Å². The van der Waals surface area contributed by atoms with E-state index >= 15 is 0 Å². The van der Waals surface area contributed by atoms with E-state index in [1.165, 1.54) is 24.1 Å². The number of hydrogen-bond donors (Lipinski definition) is 1. The van der Waals surface area contributed by atoms with E-state index in [4.69, 9.17) is 5.11 Å². The fourth-order valence-electron chi connectivity index (χ4n) is 1.28. The number of rotatable bonds is 5. The molecule has 0 unspecified atom stereocenters. The summed E-state index contributed by atoms with van der Waals surface area (Å²) in [5, 5.41) is 8.54. The highest BCUT2D eigenvalue weighted by Gasteiger charge is 2.05. The Morgan fingerprint density at radius 1 is 1.42 bits per heavy atom. The summed E-state index contributed by atoms with van der Waals surface area (Å²) < 4.78 is 35.5. The Morgan fingerprint density at radius 2 is 2.16 bits per heavy atom. The minimum absolute atomic E-state index is 0.0966. The second-order valence-electron chi connectivity index (χ2n) is 3.95. The molecule has 0 radical (unpaired) electrons. The van der Waals surface area contributed by atoms with Crippen LogP contribution in [0.2, 0.25) is 0 Å². The van der Waals surface area contributed by atoms with Gasteiger partial charge in [-0.15, -0.1) is 0 Å². The molecule has 0 aliphatic carbocycles. The lowest BCUT2D eigenvalue weighted by Gasteiger charge is -2.03. The predicted octanol–water partition coefficient (Wildman–Crippen LogP) is 1.45. The van der Waals surface area contributed by atoms with Crippen LogP contribution < -0.4 is 0 Å². The van der Waals surface area contributed by atoms with Crippen LogP contribution in [0.1, 0.15) is 11.1 Å². The quantitative estimate of drug-likeness (QED) is 0.661. The van der Waals surface area contributed by atoms with Gasteiger partial charge in [0.05, 0.1) is 5.75 Å². The first kappa shape index (κ1) is 16.0. The molecule has 1 aromatic rings. The Morgan fingerprint density at radius 3 is 2.74 bits per heavy atom. The topological polar surface area (TPSA) is 54.4 Å². The molecule has 0 saturated heterocycles. The van der Waals surface area contributed by atoms with Crippen LogP contribution in [-0.2, 0) is 15.6 Å². The van der Waals surface area contributed by atoms with Gasteiger partial charge in [0.2, 0.25) is 0 Å². The van der Waals surface area contributed by atoms with E-state index in [2.05, 4.69) is 11.8 Å². The van der Waals surface area contributed by atoms with E-state index in [9.17, 15) is 12.8 Å². The summed E-state index contributed by atoms with van der Waals surface area (Å²) in [5.74, 6) is 5.68. The molecule has 1 aromatic carbocycles. The summed E-state index contributed by atoms with van der Waals surface area (Å²) >= 11 is 1.38. The number of benzene rings is 1. The minimum atomic E-state index is -2.96. The molecule has 1 N–H and O–H groups in total. The first-order chi connectivity index (χ1) is 8.92. The van der Waals surface area contributed by atoms with Crippen LogP contribution in [0.3, 0.4) is 0 Å². The lowest BCUT2D eigenvalue weighted by molar-refractivity contribution is 0.350. The zero-order valence-electron chi connectivity index (χ0n) is 10.5. The molecule has 0 bridgehead atoms. The van der Waals surface area contributed by atoms with Gasteiger partial charge in [-0.05, 0) is 17.7 Å². The molecule has 0 aliphatic rings. The van der Waals surface area contributed by atoms with Gasteiger partial charge >= 0.3 is 0 Å². The summed E-state index contributed by atoms with van der Waals surface area (Å²) in [7, 11) is -2.96. The largest absolute Gasteiger partial charge is 0.384 e. The summed E-state index contributed by atoms with van der Waals surface area (Å²) in [5.41, 5.74) is 1.03. The van der Waals surface area contributed by atoms with Crippen molar-refractivity contribution >= 4 is 21.6 Å². The highest BCUT2D eigenvalue weighted by atomic mass is 32.2. The van der Waals surface area contributed by atoms with Crippen molar-refractivity contribution in [2.45, 2.75) is 5.75 Å². The summed E-state index contributed by atoms with van der Waals surface area (Å²) in [6, 6.07) is 4.62. The second kappa shape index (κ2) is 7.53. The number of hydrogen-bond acceptors (Lipinski definition) is 4. The van der Waals surface area contributed by atoms with Crippen molar-refractivity contribution in [1.29, 1.82) is 0 Å². The maximum Gasteiger partial charge on any atom is 0.148 e. The Bertz CT molecular complexity index is 586. The molecule has 104 valence electrons. The van der Waals surface area contributed by atoms with Gasteiger partial charge in [0.1, 0.15) is 22.3 Å². The zero-order chi connectivity index (χ0) is 14.3.